The van der Waals surface area contributed by atoms with Crippen LogP contribution in [0.25, 0.3) is 0 Å². The maximum atomic E-state index is 12.0. The van der Waals surface area contributed by atoms with Crippen LogP contribution in [-0.4, -0.2) is 30.3 Å². The third kappa shape index (κ3) is 4.70. The van der Waals surface area contributed by atoms with E-state index in [0.717, 1.165) is 24.6 Å². The maximum Gasteiger partial charge on any atom is 0.257 e. The number of rotatable bonds is 8. The normalized spacial score (nSPS) is 13.7. The van der Waals surface area contributed by atoms with Gasteiger partial charge >= 0.3 is 0 Å². The molecule has 7 heteroatoms. The van der Waals surface area contributed by atoms with Crippen molar-refractivity contribution in [2.45, 2.75) is 38.1 Å². The number of imidazole rings is 1. The quantitative estimate of drug-likeness (QED) is 0.714. The Morgan fingerprint density at radius 2 is 2.22 bits per heavy atom. The molecule has 0 bridgehead atoms. The number of halogens is 1. The molecule has 5 nitrogen and oxygen atoms in total. The van der Waals surface area contributed by atoms with E-state index in [1.807, 2.05) is 0 Å². The summed E-state index contributed by atoms with van der Waals surface area (Å²) in [6, 6.07) is 0. The standard InChI is InChI=1S/C11H20BrN3O2S/c1-3-4-10(5-6-12)7-14-18(16,17)11-8-13-9(2)15-11/h8,10,14H,3-7H2,1-2H3,(H,13,15). The van der Waals surface area contributed by atoms with Crippen molar-refractivity contribution < 1.29 is 8.42 Å². The summed E-state index contributed by atoms with van der Waals surface area (Å²) in [5, 5.41) is 1.02. The van der Waals surface area contributed by atoms with E-state index in [-0.39, 0.29) is 5.03 Å². The molecule has 1 unspecified atom stereocenters. The number of nitrogens with zero attached hydrogens (tertiary/aromatic N) is 1. The molecule has 0 saturated heterocycles. The first-order valence-electron chi connectivity index (χ1n) is 6.06. The Morgan fingerprint density at radius 3 is 2.72 bits per heavy atom. The fourth-order valence-electron chi connectivity index (χ4n) is 1.75. The lowest BCUT2D eigenvalue weighted by Gasteiger charge is -2.15. The molecule has 0 aliphatic heterocycles. The SMILES string of the molecule is CCCC(CCBr)CNS(=O)(=O)c1cnc(C)[nH]1. The van der Waals surface area contributed by atoms with Gasteiger partial charge in [-0.2, -0.15) is 0 Å². The minimum Gasteiger partial charge on any atom is -0.332 e. The highest BCUT2D eigenvalue weighted by Gasteiger charge is 2.18. The fourth-order valence-corrected chi connectivity index (χ4v) is 3.48. The molecule has 0 fully saturated rings. The molecule has 0 aromatic carbocycles. The first kappa shape index (κ1) is 15.7. The summed E-state index contributed by atoms with van der Waals surface area (Å²) in [5.41, 5.74) is 0. The molecule has 104 valence electrons. The largest absolute Gasteiger partial charge is 0.332 e. The van der Waals surface area contributed by atoms with E-state index < -0.39 is 10.0 Å². The second kappa shape index (κ2) is 7.25. The Balaban J connectivity index is 2.60. The Bertz CT molecular complexity index is 453. The number of sulfonamides is 1. The minimum absolute atomic E-state index is 0.133. The van der Waals surface area contributed by atoms with E-state index in [1.165, 1.54) is 6.20 Å². The van der Waals surface area contributed by atoms with Gasteiger partial charge in [0.1, 0.15) is 5.82 Å². The van der Waals surface area contributed by atoms with E-state index in [2.05, 4.69) is 37.5 Å². The fraction of sp³-hybridized carbons (Fsp3) is 0.727. The number of aromatic nitrogens is 2. The van der Waals surface area contributed by atoms with Crippen LogP contribution in [0.2, 0.25) is 0 Å². The van der Waals surface area contributed by atoms with Gasteiger partial charge < -0.3 is 4.98 Å². The van der Waals surface area contributed by atoms with Crippen LogP contribution in [0, 0.1) is 12.8 Å². The van der Waals surface area contributed by atoms with Crippen molar-refractivity contribution in [3.8, 4) is 0 Å². The number of hydrogen-bond acceptors (Lipinski definition) is 3. The molecule has 2 N–H and O–H groups in total. The molecular weight excluding hydrogens is 318 g/mol. The summed E-state index contributed by atoms with van der Waals surface area (Å²) < 4.78 is 26.6. The van der Waals surface area contributed by atoms with E-state index >= 15 is 0 Å². The highest BCUT2D eigenvalue weighted by atomic mass is 79.9. The third-order valence-electron chi connectivity index (χ3n) is 2.75. The minimum atomic E-state index is -3.45. The van der Waals surface area contributed by atoms with Gasteiger partial charge in [-0.1, -0.05) is 29.3 Å². The number of hydrogen-bond donors (Lipinski definition) is 2. The predicted molar refractivity (Wildman–Crippen MR) is 75.3 cm³/mol. The summed E-state index contributed by atoms with van der Waals surface area (Å²) in [6.45, 7) is 4.30. The van der Waals surface area contributed by atoms with Crippen LogP contribution in [0.5, 0.6) is 0 Å². The molecule has 0 spiro atoms. The Labute approximate surface area is 117 Å². The molecule has 1 heterocycles. The molecule has 1 aromatic rings. The Morgan fingerprint density at radius 1 is 1.50 bits per heavy atom. The van der Waals surface area contributed by atoms with E-state index in [0.29, 0.717) is 18.3 Å². The van der Waals surface area contributed by atoms with Crippen LogP contribution in [0.4, 0.5) is 0 Å². The zero-order valence-corrected chi connectivity index (χ0v) is 13.1. The van der Waals surface area contributed by atoms with Crippen molar-refractivity contribution in [1.29, 1.82) is 0 Å². The number of alkyl halides is 1. The van der Waals surface area contributed by atoms with Crippen LogP contribution in [0.3, 0.4) is 0 Å². The van der Waals surface area contributed by atoms with Gasteiger partial charge in [-0.15, -0.1) is 0 Å². The van der Waals surface area contributed by atoms with Crippen molar-refractivity contribution >= 4 is 26.0 Å². The lowest BCUT2D eigenvalue weighted by Crippen LogP contribution is -2.30. The molecule has 1 aromatic heterocycles. The molecule has 0 aliphatic carbocycles. The molecule has 18 heavy (non-hydrogen) atoms. The van der Waals surface area contributed by atoms with Crippen LogP contribution >= 0.6 is 15.9 Å². The summed E-state index contributed by atoms with van der Waals surface area (Å²) in [6.07, 6.45) is 4.40. The van der Waals surface area contributed by atoms with Crippen LogP contribution in [0.1, 0.15) is 32.0 Å². The summed E-state index contributed by atoms with van der Waals surface area (Å²) >= 11 is 3.40. The van der Waals surface area contributed by atoms with Crippen molar-refractivity contribution in [2.24, 2.45) is 5.92 Å². The first-order valence-corrected chi connectivity index (χ1v) is 8.67. The average molecular weight is 338 g/mol. The van der Waals surface area contributed by atoms with Gasteiger partial charge in [0.15, 0.2) is 5.03 Å². The number of H-pyrrole nitrogens is 1. The van der Waals surface area contributed by atoms with Gasteiger partial charge in [-0.25, -0.2) is 18.1 Å². The van der Waals surface area contributed by atoms with Gasteiger partial charge in [-0.3, -0.25) is 0 Å². The predicted octanol–water partition coefficient (Wildman–Crippen LogP) is 2.20. The summed E-state index contributed by atoms with van der Waals surface area (Å²) in [4.78, 5) is 6.63. The van der Waals surface area contributed by atoms with Crippen LogP contribution in [0.15, 0.2) is 11.2 Å². The Kier molecular flexibility index (Phi) is 6.31. The number of aromatic amines is 1. The van der Waals surface area contributed by atoms with Crippen molar-refractivity contribution in [2.75, 3.05) is 11.9 Å². The van der Waals surface area contributed by atoms with Crippen molar-refractivity contribution in [3.63, 3.8) is 0 Å². The van der Waals surface area contributed by atoms with Gasteiger partial charge in [0.05, 0.1) is 6.20 Å². The molecule has 0 saturated carbocycles. The molecule has 0 amide bonds. The number of aryl methyl sites for hydroxylation is 1. The molecule has 0 radical (unpaired) electrons. The molecule has 1 rings (SSSR count). The molecule has 0 aliphatic rings. The molecular formula is C11H20BrN3O2S. The third-order valence-corrected chi connectivity index (χ3v) is 4.54. The highest BCUT2D eigenvalue weighted by Crippen LogP contribution is 2.13. The van der Waals surface area contributed by atoms with Crippen LogP contribution < -0.4 is 4.72 Å². The van der Waals surface area contributed by atoms with Crippen molar-refractivity contribution in [1.82, 2.24) is 14.7 Å². The van der Waals surface area contributed by atoms with Crippen LogP contribution in [-0.2, 0) is 10.0 Å². The summed E-state index contributed by atoms with van der Waals surface area (Å²) in [7, 11) is -3.45. The second-order valence-corrected chi connectivity index (χ2v) is 6.85. The van der Waals surface area contributed by atoms with Gasteiger partial charge in [-0.05, 0) is 25.7 Å². The van der Waals surface area contributed by atoms with Gasteiger partial charge in [0.25, 0.3) is 10.0 Å². The molecule has 1 atom stereocenters. The van der Waals surface area contributed by atoms with Crippen molar-refractivity contribution in [3.05, 3.63) is 12.0 Å². The van der Waals surface area contributed by atoms with E-state index in [4.69, 9.17) is 0 Å². The summed E-state index contributed by atoms with van der Waals surface area (Å²) in [5.74, 6) is 0.967. The van der Waals surface area contributed by atoms with E-state index in [9.17, 15) is 8.42 Å². The monoisotopic (exact) mass is 337 g/mol. The maximum absolute atomic E-state index is 12.0. The topological polar surface area (TPSA) is 74.8 Å². The van der Waals surface area contributed by atoms with Gasteiger partial charge in [0, 0.05) is 11.9 Å². The van der Waals surface area contributed by atoms with E-state index in [1.54, 1.807) is 6.92 Å². The lowest BCUT2D eigenvalue weighted by atomic mass is 10.0. The first-order chi connectivity index (χ1) is 8.49. The second-order valence-electron chi connectivity index (χ2n) is 4.32. The Hall–Kier alpha value is -0.400. The van der Waals surface area contributed by atoms with Gasteiger partial charge in [0.2, 0.25) is 0 Å². The number of nitrogens with one attached hydrogen (secondary N) is 2. The highest BCUT2D eigenvalue weighted by molar-refractivity contribution is 9.09. The lowest BCUT2D eigenvalue weighted by molar-refractivity contribution is 0.458. The average Bonchev–Trinajstić information content (AvgIpc) is 2.74. The smallest absolute Gasteiger partial charge is 0.257 e. The zero-order chi connectivity index (χ0) is 13.6. The zero-order valence-electron chi connectivity index (χ0n) is 10.7.